The van der Waals surface area contributed by atoms with Crippen LogP contribution in [0.1, 0.15) is 23.8 Å². The van der Waals surface area contributed by atoms with E-state index in [1.807, 2.05) is 30.3 Å². The monoisotopic (exact) mass is 374 g/mol. The first kappa shape index (κ1) is 18.9. The maximum Gasteiger partial charge on any atom is 0.407 e. The predicted molar refractivity (Wildman–Crippen MR) is 97.2 cm³/mol. The average Bonchev–Trinajstić information content (AvgIpc) is 3.02. The molecule has 9 nitrogen and oxygen atoms in total. The van der Waals surface area contributed by atoms with Crippen molar-refractivity contribution in [1.82, 2.24) is 14.9 Å². The van der Waals surface area contributed by atoms with Crippen LogP contribution in [0, 0.1) is 6.92 Å². The second kappa shape index (κ2) is 8.19. The molecular weight excluding hydrogens is 352 g/mol. The lowest BCUT2D eigenvalue weighted by Crippen LogP contribution is -2.40. The third kappa shape index (κ3) is 4.63. The molecule has 3 atom stereocenters. The van der Waals surface area contributed by atoms with E-state index in [0.29, 0.717) is 12.0 Å². The van der Waals surface area contributed by atoms with Crippen molar-refractivity contribution in [1.29, 1.82) is 0 Å². The minimum atomic E-state index is -0.602. The molecule has 1 aliphatic rings. The van der Waals surface area contributed by atoms with E-state index in [1.165, 1.54) is 10.8 Å². The van der Waals surface area contributed by atoms with Crippen LogP contribution < -0.4 is 22.3 Å². The van der Waals surface area contributed by atoms with Gasteiger partial charge in [-0.25, -0.2) is 9.59 Å². The lowest BCUT2D eigenvalue weighted by Gasteiger charge is -2.17. The van der Waals surface area contributed by atoms with E-state index < -0.39 is 29.7 Å². The molecule has 0 saturated carbocycles. The van der Waals surface area contributed by atoms with Crippen LogP contribution in [-0.2, 0) is 16.1 Å². The fourth-order valence-corrected chi connectivity index (χ4v) is 2.88. The van der Waals surface area contributed by atoms with E-state index in [1.54, 1.807) is 6.92 Å². The molecule has 1 amide bonds. The first-order valence-corrected chi connectivity index (χ1v) is 8.61. The van der Waals surface area contributed by atoms with E-state index in [-0.39, 0.29) is 19.2 Å². The van der Waals surface area contributed by atoms with Crippen molar-refractivity contribution in [3.05, 3.63) is 68.5 Å². The molecule has 1 saturated heterocycles. The number of aromatic amines is 1. The first-order valence-electron chi connectivity index (χ1n) is 8.61. The summed E-state index contributed by atoms with van der Waals surface area (Å²) in [6, 6.07) is 8.96. The Balaban J connectivity index is 1.53. The Labute approximate surface area is 155 Å². The number of nitrogens with one attached hydrogen (secondary N) is 2. The molecule has 0 aliphatic carbocycles. The minimum Gasteiger partial charge on any atom is -0.445 e. The molecule has 1 fully saturated rings. The van der Waals surface area contributed by atoms with Crippen LogP contribution in [0.15, 0.2) is 46.1 Å². The van der Waals surface area contributed by atoms with Crippen LogP contribution in [-0.4, -0.2) is 34.3 Å². The molecule has 1 aromatic heterocycles. The second-order valence-corrected chi connectivity index (χ2v) is 6.45. The standard InChI is InChI=1S/C18H22N4O5/c1-11-9-22(17(24)21-16(11)23)15-7-13(19)14(27-15)8-20-18(25)26-10-12-5-3-2-4-6-12/h2-6,9,13-15H,7-8,10,19H2,1H3,(H,20,25)(H,21,23,24)/t13-,14+,15+/m0/s1. The number of ether oxygens (including phenoxy) is 2. The lowest BCUT2D eigenvalue weighted by molar-refractivity contribution is -0.00237. The number of H-pyrrole nitrogens is 1. The number of amides is 1. The zero-order chi connectivity index (χ0) is 19.4. The lowest BCUT2D eigenvalue weighted by atomic mass is 10.1. The molecule has 2 heterocycles. The Morgan fingerprint density at radius 2 is 2.11 bits per heavy atom. The summed E-state index contributed by atoms with van der Waals surface area (Å²) in [4.78, 5) is 37.5. The van der Waals surface area contributed by atoms with Gasteiger partial charge in [0.25, 0.3) is 5.56 Å². The number of nitrogens with zero attached hydrogens (tertiary/aromatic N) is 1. The van der Waals surface area contributed by atoms with Crippen molar-refractivity contribution in [2.24, 2.45) is 5.73 Å². The largest absolute Gasteiger partial charge is 0.445 e. The summed E-state index contributed by atoms with van der Waals surface area (Å²) >= 11 is 0. The molecule has 9 heteroatoms. The van der Waals surface area contributed by atoms with Crippen LogP contribution in [0.3, 0.4) is 0 Å². The van der Waals surface area contributed by atoms with E-state index in [9.17, 15) is 14.4 Å². The highest BCUT2D eigenvalue weighted by Gasteiger charge is 2.34. The van der Waals surface area contributed by atoms with Crippen molar-refractivity contribution >= 4 is 6.09 Å². The fourth-order valence-electron chi connectivity index (χ4n) is 2.88. The van der Waals surface area contributed by atoms with Crippen molar-refractivity contribution in [2.45, 2.75) is 38.3 Å². The van der Waals surface area contributed by atoms with Crippen molar-refractivity contribution in [3.63, 3.8) is 0 Å². The Morgan fingerprint density at radius 1 is 1.37 bits per heavy atom. The van der Waals surface area contributed by atoms with Gasteiger partial charge in [0.2, 0.25) is 0 Å². The number of hydrogen-bond donors (Lipinski definition) is 3. The molecule has 4 N–H and O–H groups in total. The van der Waals surface area contributed by atoms with Crippen LogP contribution in [0.2, 0.25) is 0 Å². The van der Waals surface area contributed by atoms with Gasteiger partial charge in [0.05, 0.1) is 6.10 Å². The number of benzene rings is 1. The first-order chi connectivity index (χ1) is 12.9. The smallest absolute Gasteiger partial charge is 0.407 e. The number of aromatic nitrogens is 2. The van der Waals surface area contributed by atoms with Gasteiger partial charge in [-0.05, 0) is 12.5 Å². The summed E-state index contributed by atoms with van der Waals surface area (Å²) in [5, 5.41) is 2.62. The highest BCUT2D eigenvalue weighted by Crippen LogP contribution is 2.26. The van der Waals surface area contributed by atoms with E-state index in [0.717, 1.165) is 5.56 Å². The van der Waals surface area contributed by atoms with Gasteiger partial charge in [-0.3, -0.25) is 14.3 Å². The Bertz CT molecular complexity index is 908. The SMILES string of the molecule is Cc1cn([C@H]2C[C@H](N)[C@@H](CNC(=O)OCc3ccccc3)O2)c(=O)[nH]c1=O. The van der Waals surface area contributed by atoms with E-state index in [2.05, 4.69) is 10.3 Å². The van der Waals surface area contributed by atoms with Crippen LogP contribution >= 0.6 is 0 Å². The van der Waals surface area contributed by atoms with Crippen molar-refractivity contribution < 1.29 is 14.3 Å². The van der Waals surface area contributed by atoms with Gasteiger partial charge in [0.15, 0.2) is 0 Å². The molecule has 0 unspecified atom stereocenters. The summed E-state index contributed by atoms with van der Waals surface area (Å²) < 4.78 is 12.2. The molecule has 3 rings (SSSR count). The van der Waals surface area contributed by atoms with E-state index in [4.69, 9.17) is 15.2 Å². The number of carbonyl (C=O) groups excluding carboxylic acids is 1. The number of hydrogen-bond acceptors (Lipinski definition) is 6. The number of rotatable bonds is 5. The number of alkyl carbamates (subject to hydrolysis) is 1. The topological polar surface area (TPSA) is 128 Å². The van der Waals surface area contributed by atoms with Gasteiger partial charge >= 0.3 is 11.8 Å². The van der Waals surface area contributed by atoms with Crippen LogP contribution in [0.4, 0.5) is 4.79 Å². The van der Waals surface area contributed by atoms with Gasteiger partial charge in [-0.15, -0.1) is 0 Å². The number of aryl methyl sites for hydroxylation is 1. The molecule has 27 heavy (non-hydrogen) atoms. The summed E-state index contributed by atoms with van der Waals surface area (Å²) in [5.74, 6) is 0. The molecule has 0 radical (unpaired) electrons. The highest BCUT2D eigenvalue weighted by atomic mass is 16.6. The Hall–Kier alpha value is -2.91. The zero-order valence-electron chi connectivity index (χ0n) is 14.9. The van der Waals surface area contributed by atoms with Crippen LogP contribution in [0.25, 0.3) is 0 Å². The number of carbonyl (C=O) groups is 1. The van der Waals surface area contributed by atoms with Gasteiger partial charge in [-0.2, -0.15) is 0 Å². The number of nitrogens with two attached hydrogens (primary N) is 1. The van der Waals surface area contributed by atoms with Gasteiger partial charge in [0, 0.05) is 30.8 Å². The summed E-state index contributed by atoms with van der Waals surface area (Å²) in [5.41, 5.74) is 6.37. The summed E-state index contributed by atoms with van der Waals surface area (Å²) in [7, 11) is 0. The second-order valence-electron chi connectivity index (χ2n) is 6.45. The molecule has 0 bridgehead atoms. The molecule has 1 aromatic carbocycles. The van der Waals surface area contributed by atoms with Crippen molar-refractivity contribution in [3.8, 4) is 0 Å². The molecule has 2 aromatic rings. The van der Waals surface area contributed by atoms with Crippen molar-refractivity contribution in [2.75, 3.05) is 6.54 Å². The molecule has 1 aliphatic heterocycles. The van der Waals surface area contributed by atoms with Gasteiger partial charge < -0.3 is 20.5 Å². The zero-order valence-corrected chi connectivity index (χ0v) is 14.9. The fraction of sp³-hybridized carbons (Fsp3) is 0.389. The van der Waals surface area contributed by atoms with Gasteiger partial charge in [-0.1, -0.05) is 30.3 Å². The normalized spacial score (nSPS) is 21.8. The predicted octanol–water partition coefficient (Wildman–Crippen LogP) is 0.386. The molecule has 144 valence electrons. The molecule has 0 spiro atoms. The third-order valence-electron chi connectivity index (χ3n) is 4.40. The third-order valence-corrected chi connectivity index (χ3v) is 4.40. The van der Waals surface area contributed by atoms with Gasteiger partial charge in [0.1, 0.15) is 12.8 Å². The summed E-state index contributed by atoms with van der Waals surface area (Å²) in [6.07, 6.45) is 0.183. The maximum absolute atomic E-state index is 12.0. The Morgan fingerprint density at radius 3 is 2.85 bits per heavy atom. The Kier molecular flexibility index (Phi) is 5.72. The highest BCUT2D eigenvalue weighted by molar-refractivity contribution is 5.67. The minimum absolute atomic E-state index is 0.155. The maximum atomic E-state index is 12.0. The molecular formula is C18H22N4O5. The summed E-state index contributed by atoms with van der Waals surface area (Å²) in [6.45, 7) is 1.92. The quantitative estimate of drug-likeness (QED) is 0.694. The van der Waals surface area contributed by atoms with E-state index >= 15 is 0 Å². The average molecular weight is 374 g/mol. The van der Waals surface area contributed by atoms with Crippen LogP contribution in [0.5, 0.6) is 0 Å².